The molecule has 3 rings (SSSR count). The van der Waals surface area contributed by atoms with Crippen molar-refractivity contribution in [3.8, 4) is 5.75 Å². The molecule has 1 aliphatic heterocycles. The number of aromatic nitrogens is 2. The molecular weight excluding hydrogens is 266 g/mol. The van der Waals surface area contributed by atoms with Crippen LogP contribution >= 0.6 is 0 Å². The van der Waals surface area contributed by atoms with E-state index in [0.717, 1.165) is 44.6 Å². The minimum atomic E-state index is 0.516. The number of anilines is 1. The topological polar surface area (TPSA) is 60.2 Å². The molecule has 0 bridgehead atoms. The van der Waals surface area contributed by atoms with E-state index in [1.165, 1.54) is 5.56 Å². The summed E-state index contributed by atoms with van der Waals surface area (Å²) in [5, 5.41) is 7.24. The fourth-order valence-corrected chi connectivity index (χ4v) is 2.61. The third kappa shape index (κ3) is 3.54. The number of benzene rings is 1. The van der Waals surface area contributed by atoms with Crippen molar-refractivity contribution in [2.24, 2.45) is 5.92 Å². The van der Waals surface area contributed by atoms with Gasteiger partial charge in [-0.3, -0.25) is 0 Å². The average Bonchev–Trinajstić information content (AvgIpc) is 2.83. The summed E-state index contributed by atoms with van der Waals surface area (Å²) >= 11 is 0. The Morgan fingerprint density at radius 1 is 1.33 bits per heavy atom. The maximum atomic E-state index is 5.79. The molecule has 112 valence electrons. The van der Waals surface area contributed by atoms with Gasteiger partial charge < -0.3 is 14.6 Å². The van der Waals surface area contributed by atoms with Crippen molar-refractivity contribution in [3.63, 3.8) is 0 Å². The second kappa shape index (κ2) is 6.61. The maximum absolute atomic E-state index is 5.79. The van der Waals surface area contributed by atoms with E-state index in [4.69, 9.17) is 9.26 Å². The van der Waals surface area contributed by atoms with Gasteiger partial charge in [0.05, 0.1) is 6.61 Å². The van der Waals surface area contributed by atoms with Crippen LogP contribution in [0.15, 0.2) is 28.8 Å². The Morgan fingerprint density at radius 2 is 2.24 bits per heavy atom. The van der Waals surface area contributed by atoms with Crippen LogP contribution in [0.4, 0.5) is 5.95 Å². The van der Waals surface area contributed by atoms with E-state index in [1.807, 2.05) is 12.1 Å². The molecule has 0 radical (unpaired) electrons. The van der Waals surface area contributed by atoms with Crippen molar-refractivity contribution in [1.82, 2.24) is 10.1 Å². The van der Waals surface area contributed by atoms with Crippen molar-refractivity contribution in [1.29, 1.82) is 0 Å². The van der Waals surface area contributed by atoms with Gasteiger partial charge in [-0.25, -0.2) is 0 Å². The first kappa shape index (κ1) is 13.9. The van der Waals surface area contributed by atoms with Crippen LogP contribution in [0.25, 0.3) is 0 Å². The van der Waals surface area contributed by atoms with Crippen molar-refractivity contribution >= 4 is 5.95 Å². The van der Waals surface area contributed by atoms with Gasteiger partial charge in [0, 0.05) is 13.0 Å². The Morgan fingerprint density at radius 3 is 3.14 bits per heavy atom. The van der Waals surface area contributed by atoms with Crippen molar-refractivity contribution in [3.05, 3.63) is 35.7 Å². The summed E-state index contributed by atoms with van der Waals surface area (Å²) in [4.78, 5) is 4.33. The molecule has 0 fully saturated rings. The predicted octanol–water partition coefficient (Wildman–Crippen LogP) is 3.08. The van der Waals surface area contributed by atoms with E-state index in [1.54, 1.807) is 0 Å². The van der Waals surface area contributed by atoms with E-state index in [2.05, 4.69) is 34.5 Å². The Balaban J connectivity index is 1.57. The largest absolute Gasteiger partial charge is 0.493 e. The van der Waals surface area contributed by atoms with Crippen molar-refractivity contribution in [2.75, 3.05) is 18.5 Å². The van der Waals surface area contributed by atoms with Gasteiger partial charge in [0.25, 0.3) is 5.95 Å². The number of rotatable bonds is 5. The van der Waals surface area contributed by atoms with Crippen LogP contribution in [-0.2, 0) is 12.8 Å². The molecule has 5 heteroatoms. The number of para-hydroxylation sites is 1. The van der Waals surface area contributed by atoms with Crippen LogP contribution in [0, 0.1) is 5.92 Å². The van der Waals surface area contributed by atoms with E-state index < -0.39 is 0 Å². The lowest BCUT2D eigenvalue weighted by molar-refractivity contribution is 0.298. The summed E-state index contributed by atoms with van der Waals surface area (Å²) in [5.41, 5.74) is 1.28. The summed E-state index contributed by atoms with van der Waals surface area (Å²) in [6, 6.07) is 8.27. The fraction of sp³-hybridized carbons (Fsp3) is 0.500. The molecule has 1 atom stereocenters. The molecule has 2 heterocycles. The molecule has 1 N–H and O–H groups in total. The molecule has 1 aromatic heterocycles. The highest BCUT2D eigenvalue weighted by Crippen LogP contribution is 2.26. The van der Waals surface area contributed by atoms with E-state index in [9.17, 15) is 0 Å². The van der Waals surface area contributed by atoms with Crippen LogP contribution in [0.2, 0.25) is 0 Å². The molecule has 0 spiro atoms. The van der Waals surface area contributed by atoms with E-state index in [-0.39, 0.29) is 0 Å². The highest BCUT2D eigenvalue weighted by molar-refractivity contribution is 5.34. The number of nitrogens with zero attached hydrogens (tertiary/aromatic N) is 2. The van der Waals surface area contributed by atoms with Crippen molar-refractivity contribution < 1.29 is 9.26 Å². The molecule has 0 saturated carbocycles. The van der Waals surface area contributed by atoms with Crippen LogP contribution in [0.3, 0.4) is 0 Å². The van der Waals surface area contributed by atoms with Gasteiger partial charge in [-0.15, -0.1) is 0 Å². The lowest BCUT2D eigenvalue weighted by Crippen LogP contribution is -2.18. The van der Waals surface area contributed by atoms with Crippen molar-refractivity contribution in [2.45, 2.75) is 32.6 Å². The molecule has 5 nitrogen and oxygen atoms in total. The molecule has 1 aliphatic rings. The minimum absolute atomic E-state index is 0.516. The third-order valence-corrected chi connectivity index (χ3v) is 3.75. The van der Waals surface area contributed by atoms with Gasteiger partial charge in [0.2, 0.25) is 5.89 Å². The zero-order valence-corrected chi connectivity index (χ0v) is 12.3. The number of ether oxygens (including phenoxy) is 1. The smallest absolute Gasteiger partial charge is 0.263 e. The number of hydrogen-bond donors (Lipinski definition) is 1. The summed E-state index contributed by atoms with van der Waals surface area (Å²) < 4.78 is 11.0. The van der Waals surface area contributed by atoms with Crippen LogP contribution in [0.1, 0.15) is 31.2 Å². The van der Waals surface area contributed by atoms with Crippen LogP contribution < -0.4 is 10.1 Å². The SMILES string of the molecule is CCCc1nc(NC[C@H]2CCOc3ccccc3C2)no1. The first-order valence-electron chi connectivity index (χ1n) is 7.62. The second-order valence-electron chi connectivity index (χ2n) is 5.46. The molecule has 0 amide bonds. The summed E-state index contributed by atoms with van der Waals surface area (Å²) in [7, 11) is 0. The predicted molar refractivity (Wildman–Crippen MR) is 80.5 cm³/mol. The molecule has 2 aromatic rings. The van der Waals surface area contributed by atoms with E-state index in [0.29, 0.717) is 17.8 Å². The zero-order chi connectivity index (χ0) is 14.5. The first-order chi connectivity index (χ1) is 10.3. The normalized spacial score (nSPS) is 17.7. The minimum Gasteiger partial charge on any atom is -0.493 e. The molecule has 1 aromatic carbocycles. The molecule has 0 aliphatic carbocycles. The van der Waals surface area contributed by atoms with Gasteiger partial charge >= 0.3 is 0 Å². The number of nitrogens with one attached hydrogen (secondary N) is 1. The van der Waals surface area contributed by atoms with Gasteiger partial charge in [-0.05, 0) is 42.0 Å². The highest BCUT2D eigenvalue weighted by atomic mass is 16.5. The molecule has 0 saturated heterocycles. The lowest BCUT2D eigenvalue weighted by atomic mass is 9.97. The fourth-order valence-electron chi connectivity index (χ4n) is 2.61. The average molecular weight is 287 g/mol. The zero-order valence-electron chi connectivity index (χ0n) is 12.3. The number of fused-ring (bicyclic) bond motifs is 1. The maximum Gasteiger partial charge on any atom is 0.263 e. The van der Waals surface area contributed by atoms with E-state index >= 15 is 0 Å². The van der Waals surface area contributed by atoms with Crippen LogP contribution in [-0.4, -0.2) is 23.3 Å². The van der Waals surface area contributed by atoms with Gasteiger partial charge in [0.15, 0.2) is 0 Å². The summed E-state index contributed by atoms with van der Waals surface area (Å²) in [5.74, 6) is 2.83. The number of aryl methyl sites for hydroxylation is 1. The highest BCUT2D eigenvalue weighted by Gasteiger charge is 2.18. The van der Waals surface area contributed by atoms with Gasteiger partial charge in [-0.2, -0.15) is 4.98 Å². The van der Waals surface area contributed by atoms with Gasteiger partial charge in [0.1, 0.15) is 5.75 Å². The third-order valence-electron chi connectivity index (χ3n) is 3.75. The molecule has 0 unspecified atom stereocenters. The summed E-state index contributed by atoms with van der Waals surface area (Å²) in [6.45, 7) is 3.69. The van der Waals surface area contributed by atoms with Crippen LogP contribution in [0.5, 0.6) is 5.75 Å². The molecular formula is C16H21N3O2. The standard InChI is InChI=1S/C16H21N3O2/c1-2-5-15-18-16(19-21-15)17-11-12-8-9-20-14-7-4-3-6-13(14)10-12/h3-4,6-7,12H,2,5,8-11H2,1H3,(H,17,19)/t12-/m0/s1. The Bertz CT molecular complexity index is 582. The monoisotopic (exact) mass is 287 g/mol. The Kier molecular flexibility index (Phi) is 4.38. The Hall–Kier alpha value is -2.04. The lowest BCUT2D eigenvalue weighted by Gasteiger charge is -2.13. The number of hydrogen-bond acceptors (Lipinski definition) is 5. The Labute approximate surface area is 124 Å². The second-order valence-corrected chi connectivity index (χ2v) is 5.46. The quantitative estimate of drug-likeness (QED) is 0.915. The molecule has 21 heavy (non-hydrogen) atoms. The summed E-state index contributed by atoms with van der Waals surface area (Å²) in [6.07, 6.45) is 3.89. The van der Waals surface area contributed by atoms with Gasteiger partial charge in [-0.1, -0.05) is 25.1 Å². The first-order valence-corrected chi connectivity index (χ1v) is 7.62.